The van der Waals surface area contributed by atoms with Gasteiger partial charge in [-0.3, -0.25) is 13.8 Å². The summed E-state index contributed by atoms with van der Waals surface area (Å²) in [4.78, 5) is 16.6. The van der Waals surface area contributed by atoms with Gasteiger partial charge in [0.1, 0.15) is 0 Å². The predicted molar refractivity (Wildman–Crippen MR) is 83.3 cm³/mol. The fourth-order valence-corrected chi connectivity index (χ4v) is 2.78. The molecule has 4 rings (SSSR count). The second-order valence-electron chi connectivity index (χ2n) is 5.30. The summed E-state index contributed by atoms with van der Waals surface area (Å²) in [5.74, 6) is 0.262. The Morgan fingerprint density at radius 1 is 1.00 bits per heavy atom. The molecule has 7 heteroatoms. The Morgan fingerprint density at radius 3 is 2.58 bits per heavy atom. The van der Waals surface area contributed by atoms with Gasteiger partial charge < -0.3 is 0 Å². The molecule has 0 aliphatic carbocycles. The summed E-state index contributed by atoms with van der Waals surface area (Å²) in [6.45, 7) is 0. The molecule has 0 bridgehead atoms. The van der Waals surface area contributed by atoms with E-state index in [2.05, 4.69) is 4.98 Å². The summed E-state index contributed by atoms with van der Waals surface area (Å²) in [5, 5.41) is 0.403. The molecule has 0 radical (unpaired) electrons. The van der Waals surface area contributed by atoms with Crippen LogP contribution in [0.5, 0.6) is 0 Å². The number of benzene rings is 2. The van der Waals surface area contributed by atoms with Crippen molar-refractivity contribution in [3.8, 4) is 5.69 Å². The lowest BCUT2D eigenvalue weighted by Gasteiger charge is -2.14. The fourth-order valence-electron chi connectivity index (χ4n) is 2.78. The molecular formula is C17H10F3N3O. The molecule has 4 aromatic rings. The Morgan fingerprint density at radius 2 is 1.79 bits per heavy atom. The largest absolute Gasteiger partial charge is 0.416 e. The summed E-state index contributed by atoms with van der Waals surface area (Å²) in [5.41, 5.74) is -0.230. The molecule has 0 atom stereocenters. The Balaban J connectivity index is 2.15. The van der Waals surface area contributed by atoms with Crippen LogP contribution in [0.4, 0.5) is 13.2 Å². The Hall–Kier alpha value is -3.09. The van der Waals surface area contributed by atoms with E-state index < -0.39 is 11.7 Å². The van der Waals surface area contributed by atoms with Crippen LogP contribution in [0.25, 0.3) is 22.4 Å². The topological polar surface area (TPSA) is 39.3 Å². The van der Waals surface area contributed by atoms with Crippen molar-refractivity contribution in [3.63, 3.8) is 0 Å². The third kappa shape index (κ3) is 2.09. The SMILES string of the molecule is O=c1c2ccccc2n(-c2cccc(C(F)(F)F)c2)c2nccn12. The molecule has 0 saturated carbocycles. The maximum Gasteiger partial charge on any atom is 0.416 e. The van der Waals surface area contributed by atoms with Crippen LogP contribution >= 0.6 is 0 Å². The van der Waals surface area contributed by atoms with Gasteiger partial charge in [0.05, 0.1) is 16.5 Å². The minimum atomic E-state index is -4.45. The molecule has 0 aliphatic rings. The first-order chi connectivity index (χ1) is 11.5. The first-order valence-electron chi connectivity index (χ1n) is 7.11. The third-order valence-corrected chi connectivity index (χ3v) is 3.85. The molecule has 2 aromatic heterocycles. The van der Waals surface area contributed by atoms with Gasteiger partial charge >= 0.3 is 6.18 Å². The van der Waals surface area contributed by atoms with Crippen molar-refractivity contribution in [3.05, 3.63) is 76.8 Å². The van der Waals surface area contributed by atoms with Crippen molar-refractivity contribution >= 4 is 16.7 Å². The molecule has 0 fully saturated rings. The van der Waals surface area contributed by atoms with Crippen LogP contribution in [0.3, 0.4) is 0 Å². The number of nitrogens with zero attached hydrogens (tertiary/aromatic N) is 3. The molecule has 0 aliphatic heterocycles. The van der Waals surface area contributed by atoms with E-state index in [-0.39, 0.29) is 17.0 Å². The van der Waals surface area contributed by atoms with Crippen molar-refractivity contribution < 1.29 is 13.2 Å². The maximum absolute atomic E-state index is 13.0. The molecule has 120 valence electrons. The van der Waals surface area contributed by atoms with E-state index in [0.29, 0.717) is 10.9 Å². The van der Waals surface area contributed by atoms with Crippen molar-refractivity contribution in [2.24, 2.45) is 0 Å². The number of hydrogen-bond acceptors (Lipinski definition) is 2. The van der Waals surface area contributed by atoms with Crippen molar-refractivity contribution in [1.82, 2.24) is 14.0 Å². The van der Waals surface area contributed by atoms with Crippen LogP contribution in [0, 0.1) is 0 Å². The number of aromatic nitrogens is 3. The minimum absolute atomic E-state index is 0.262. The zero-order valence-electron chi connectivity index (χ0n) is 12.2. The fraction of sp³-hybridized carbons (Fsp3) is 0.0588. The Kier molecular flexibility index (Phi) is 2.99. The maximum atomic E-state index is 13.0. The molecule has 0 amide bonds. The normalized spacial score (nSPS) is 12.1. The van der Waals surface area contributed by atoms with Gasteiger partial charge in [-0.15, -0.1) is 0 Å². The van der Waals surface area contributed by atoms with E-state index in [1.54, 1.807) is 34.9 Å². The summed E-state index contributed by atoms with van der Waals surface area (Å²) in [6.07, 6.45) is -1.51. The highest BCUT2D eigenvalue weighted by atomic mass is 19.4. The number of halogens is 3. The van der Waals surface area contributed by atoms with E-state index in [1.165, 1.54) is 22.9 Å². The van der Waals surface area contributed by atoms with Gasteiger partial charge in [-0.2, -0.15) is 13.2 Å². The second kappa shape index (κ2) is 4.95. The van der Waals surface area contributed by atoms with E-state index in [1.807, 2.05) is 0 Å². The molecule has 2 heterocycles. The lowest BCUT2D eigenvalue weighted by molar-refractivity contribution is -0.137. The number of fused-ring (bicyclic) bond motifs is 2. The lowest BCUT2D eigenvalue weighted by Crippen LogP contribution is -2.18. The van der Waals surface area contributed by atoms with Gasteiger partial charge in [0.15, 0.2) is 0 Å². The average Bonchev–Trinajstić information content (AvgIpc) is 3.04. The third-order valence-electron chi connectivity index (χ3n) is 3.85. The molecular weight excluding hydrogens is 319 g/mol. The quantitative estimate of drug-likeness (QED) is 0.535. The average molecular weight is 329 g/mol. The summed E-state index contributed by atoms with van der Waals surface area (Å²) < 4.78 is 42.0. The second-order valence-corrected chi connectivity index (χ2v) is 5.30. The molecule has 0 spiro atoms. The van der Waals surface area contributed by atoms with Crippen LogP contribution < -0.4 is 5.56 Å². The molecule has 0 unspecified atom stereocenters. The van der Waals surface area contributed by atoms with Crippen LogP contribution in [-0.4, -0.2) is 14.0 Å². The number of imidazole rings is 1. The van der Waals surface area contributed by atoms with E-state index in [4.69, 9.17) is 0 Å². The van der Waals surface area contributed by atoms with Gasteiger partial charge in [0, 0.05) is 18.1 Å². The molecule has 0 N–H and O–H groups in total. The van der Waals surface area contributed by atoms with E-state index in [9.17, 15) is 18.0 Å². The smallest absolute Gasteiger partial charge is 0.279 e. The van der Waals surface area contributed by atoms with Gasteiger partial charge in [-0.25, -0.2) is 4.98 Å². The summed E-state index contributed by atoms with van der Waals surface area (Å²) >= 11 is 0. The Labute approximate surface area is 133 Å². The van der Waals surface area contributed by atoms with Crippen LogP contribution in [0.2, 0.25) is 0 Å². The Bertz CT molecular complexity index is 1130. The first kappa shape index (κ1) is 14.5. The van der Waals surface area contributed by atoms with Gasteiger partial charge in [-0.05, 0) is 30.3 Å². The number of alkyl halides is 3. The highest BCUT2D eigenvalue weighted by molar-refractivity contribution is 5.82. The van der Waals surface area contributed by atoms with E-state index in [0.717, 1.165) is 12.1 Å². The van der Waals surface area contributed by atoms with Crippen LogP contribution in [-0.2, 0) is 6.18 Å². The van der Waals surface area contributed by atoms with Crippen molar-refractivity contribution in [1.29, 1.82) is 0 Å². The summed E-state index contributed by atoms with van der Waals surface area (Å²) in [7, 11) is 0. The van der Waals surface area contributed by atoms with Crippen LogP contribution in [0.1, 0.15) is 5.56 Å². The van der Waals surface area contributed by atoms with Gasteiger partial charge in [0.2, 0.25) is 5.78 Å². The highest BCUT2D eigenvalue weighted by Gasteiger charge is 2.30. The molecule has 2 aromatic carbocycles. The number of hydrogen-bond donors (Lipinski definition) is 0. The van der Waals surface area contributed by atoms with Crippen molar-refractivity contribution in [2.45, 2.75) is 6.18 Å². The lowest BCUT2D eigenvalue weighted by atomic mass is 10.1. The standard InChI is InChI=1S/C17H10F3N3O/c18-17(19,20)11-4-3-5-12(10-11)23-14-7-2-1-6-13(14)15(24)22-9-8-21-16(22)23/h1-10H. The minimum Gasteiger partial charge on any atom is -0.279 e. The molecule has 4 nitrogen and oxygen atoms in total. The monoisotopic (exact) mass is 329 g/mol. The summed E-state index contributed by atoms with van der Waals surface area (Å²) in [6, 6.07) is 11.7. The van der Waals surface area contributed by atoms with E-state index >= 15 is 0 Å². The van der Waals surface area contributed by atoms with Crippen molar-refractivity contribution in [2.75, 3.05) is 0 Å². The predicted octanol–water partition coefficient (Wildman–Crippen LogP) is 3.66. The van der Waals surface area contributed by atoms with Crippen LogP contribution in [0.15, 0.2) is 65.7 Å². The molecule has 0 saturated heterocycles. The van der Waals surface area contributed by atoms with Gasteiger partial charge in [-0.1, -0.05) is 18.2 Å². The highest BCUT2D eigenvalue weighted by Crippen LogP contribution is 2.31. The number of para-hydroxylation sites is 1. The van der Waals surface area contributed by atoms with Gasteiger partial charge in [0.25, 0.3) is 5.56 Å². The molecule has 24 heavy (non-hydrogen) atoms. The zero-order chi connectivity index (χ0) is 16.9. The zero-order valence-corrected chi connectivity index (χ0v) is 12.2. The number of rotatable bonds is 1. The first-order valence-corrected chi connectivity index (χ1v) is 7.11.